The van der Waals surface area contributed by atoms with Crippen molar-refractivity contribution in [3.8, 4) is 0 Å². The van der Waals surface area contributed by atoms with Crippen molar-refractivity contribution in [2.24, 2.45) is 10.9 Å². The summed E-state index contributed by atoms with van der Waals surface area (Å²) in [5.41, 5.74) is 2.20. The standard InChI is InChI=1S/C25H39N5O2/c1-26-24(28-19-25(11-3-2-4-12-25)30-13-15-32-16-14-30)27-18-20-7-5-10-22(17-20)29-23(31)21-8-6-9-21/h5,7,10,17,21H,2-4,6,8-9,11-16,18-19H2,1H3,(H,29,31)(H2,26,27,28). The molecule has 4 rings (SSSR count). The lowest BCUT2D eigenvalue weighted by Crippen LogP contribution is -2.60. The highest BCUT2D eigenvalue weighted by molar-refractivity contribution is 5.93. The largest absolute Gasteiger partial charge is 0.379 e. The topological polar surface area (TPSA) is 78.0 Å². The molecule has 3 aliphatic rings. The van der Waals surface area contributed by atoms with Crippen LogP contribution in [0.2, 0.25) is 0 Å². The summed E-state index contributed by atoms with van der Waals surface area (Å²) in [6, 6.07) is 8.09. The first kappa shape index (κ1) is 23.1. The molecular weight excluding hydrogens is 402 g/mol. The van der Waals surface area contributed by atoms with Gasteiger partial charge in [-0.3, -0.25) is 14.7 Å². The van der Waals surface area contributed by atoms with E-state index in [4.69, 9.17) is 4.74 Å². The second-order valence-corrected chi connectivity index (χ2v) is 9.48. The van der Waals surface area contributed by atoms with Crippen molar-refractivity contribution in [1.82, 2.24) is 15.5 Å². The van der Waals surface area contributed by atoms with Gasteiger partial charge in [0.1, 0.15) is 0 Å². The predicted molar refractivity (Wildman–Crippen MR) is 129 cm³/mol. The Morgan fingerprint density at radius 2 is 1.91 bits per heavy atom. The maximum Gasteiger partial charge on any atom is 0.227 e. The minimum Gasteiger partial charge on any atom is -0.379 e. The molecule has 32 heavy (non-hydrogen) atoms. The Hall–Kier alpha value is -2.12. The van der Waals surface area contributed by atoms with Crippen LogP contribution in [0.1, 0.15) is 56.9 Å². The predicted octanol–water partition coefficient (Wildman–Crippen LogP) is 3.13. The van der Waals surface area contributed by atoms with E-state index in [0.717, 1.165) is 62.9 Å². The molecule has 0 spiro atoms. The summed E-state index contributed by atoms with van der Waals surface area (Å²) < 4.78 is 5.60. The zero-order valence-electron chi connectivity index (χ0n) is 19.5. The molecule has 2 saturated carbocycles. The molecule has 176 valence electrons. The number of hydrogen-bond acceptors (Lipinski definition) is 4. The quantitative estimate of drug-likeness (QED) is 0.448. The van der Waals surface area contributed by atoms with Crippen molar-refractivity contribution < 1.29 is 9.53 Å². The van der Waals surface area contributed by atoms with E-state index in [2.05, 4.69) is 31.9 Å². The average Bonchev–Trinajstić information content (AvgIpc) is 2.79. The minimum absolute atomic E-state index is 0.153. The van der Waals surface area contributed by atoms with E-state index in [9.17, 15) is 4.79 Å². The third-order valence-corrected chi connectivity index (χ3v) is 7.41. The van der Waals surface area contributed by atoms with Crippen LogP contribution in [0.25, 0.3) is 0 Å². The van der Waals surface area contributed by atoms with Crippen molar-refractivity contribution in [3.05, 3.63) is 29.8 Å². The van der Waals surface area contributed by atoms with Gasteiger partial charge in [0, 0.05) is 50.4 Å². The van der Waals surface area contributed by atoms with Crippen LogP contribution in [0.5, 0.6) is 0 Å². The number of nitrogens with zero attached hydrogens (tertiary/aromatic N) is 2. The molecule has 1 amide bonds. The highest BCUT2D eigenvalue weighted by Crippen LogP contribution is 2.34. The molecule has 0 bridgehead atoms. The van der Waals surface area contributed by atoms with E-state index < -0.39 is 0 Å². The number of aliphatic imine (C=N–C) groups is 1. The van der Waals surface area contributed by atoms with Gasteiger partial charge in [-0.15, -0.1) is 0 Å². The molecule has 0 aromatic heterocycles. The molecule has 1 saturated heterocycles. The van der Waals surface area contributed by atoms with E-state index >= 15 is 0 Å². The Kier molecular flexibility index (Phi) is 8.03. The molecule has 0 atom stereocenters. The Labute approximate surface area is 192 Å². The number of rotatable bonds is 7. The van der Waals surface area contributed by atoms with Gasteiger partial charge in [-0.1, -0.05) is 37.8 Å². The van der Waals surface area contributed by atoms with Crippen LogP contribution < -0.4 is 16.0 Å². The number of carbonyl (C=O) groups is 1. The van der Waals surface area contributed by atoms with Crippen molar-refractivity contribution in [3.63, 3.8) is 0 Å². The maximum atomic E-state index is 12.2. The molecule has 1 heterocycles. The van der Waals surface area contributed by atoms with Gasteiger partial charge >= 0.3 is 0 Å². The van der Waals surface area contributed by atoms with Crippen LogP contribution in [0.4, 0.5) is 5.69 Å². The SMILES string of the molecule is CN=C(NCc1cccc(NC(=O)C2CCC2)c1)NCC1(N2CCOCC2)CCCCC1. The van der Waals surface area contributed by atoms with Crippen LogP contribution in [0.15, 0.2) is 29.3 Å². The molecule has 1 aromatic carbocycles. The minimum atomic E-state index is 0.153. The number of hydrogen-bond donors (Lipinski definition) is 3. The van der Waals surface area contributed by atoms with E-state index in [1.54, 1.807) is 0 Å². The summed E-state index contributed by atoms with van der Waals surface area (Å²) in [7, 11) is 1.83. The third kappa shape index (κ3) is 5.81. The van der Waals surface area contributed by atoms with Crippen molar-refractivity contribution in [1.29, 1.82) is 0 Å². The van der Waals surface area contributed by atoms with Gasteiger partial charge in [0.15, 0.2) is 5.96 Å². The second kappa shape index (κ2) is 11.1. The normalized spacial score (nSPS) is 22.1. The van der Waals surface area contributed by atoms with Gasteiger partial charge in [0.05, 0.1) is 13.2 Å². The number of amides is 1. The van der Waals surface area contributed by atoms with Gasteiger partial charge < -0.3 is 20.7 Å². The van der Waals surface area contributed by atoms with Crippen LogP contribution in [0.3, 0.4) is 0 Å². The van der Waals surface area contributed by atoms with E-state index in [1.807, 2.05) is 25.2 Å². The van der Waals surface area contributed by atoms with Crippen LogP contribution >= 0.6 is 0 Å². The molecule has 3 N–H and O–H groups in total. The molecule has 1 aliphatic heterocycles. The fourth-order valence-electron chi connectivity index (χ4n) is 5.18. The summed E-state index contributed by atoms with van der Waals surface area (Å²) in [4.78, 5) is 19.3. The second-order valence-electron chi connectivity index (χ2n) is 9.48. The monoisotopic (exact) mass is 441 g/mol. The lowest BCUT2D eigenvalue weighted by Gasteiger charge is -2.48. The van der Waals surface area contributed by atoms with Gasteiger partial charge in [-0.05, 0) is 43.4 Å². The van der Waals surface area contributed by atoms with E-state index in [0.29, 0.717) is 6.54 Å². The first-order valence-electron chi connectivity index (χ1n) is 12.4. The molecule has 3 fully saturated rings. The van der Waals surface area contributed by atoms with Crippen molar-refractivity contribution in [2.45, 2.75) is 63.5 Å². The highest BCUT2D eigenvalue weighted by Gasteiger charge is 2.38. The molecule has 7 nitrogen and oxygen atoms in total. The molecule has 2 aliphatic carbocycles. The highest BCUT2D eigenvalue weighted by atomic mass is 16.5. The van der Waals surface area contributed by atoms with E-state index in [1.165, 1.54) is 38.5 Å². The fourth-order valence-corrected chi connectivity index (χ4v) is 5.18. The average molecular weight is 442 g/mol. The summed E-state index contributed by atoms with van der Waals surface area (Å²) in [6.07, 6.45) is 9.60. The van der Waals surface area contributed by atoms with Crippen LogP contribution in [0, 0.1) is 5.92 Å². The maximum absolute atomic E-state index is 12.2. The van der Waals surface area contributed by atoms with Gasteiger partial charge in [0.2, 0.25) is 5.91 Å². The Balaban J connectivity index is 1.30. The molecular formula is C25H39N5O2. The van der Waals surface area contributed by atoms with Crippen molar-refractivity contribution >= 4 is 17.6 Å². The molecule has 0 unspecified atom stereocenters. The number of morpholine rings is 1. The lowest BCUT2D eigenvalue weighted by molar-refractivity contribution is -0.122. The number of guanidine groups is 1. The number of benzene rings is 1. The Morgan fingerprint density at radius 3 is 2.59 bits per heavy atom. The zero-order chi connectivity index (χ0) is 22.2. The van der Waals surface area contributed by atoms with Crippen LogP contribution in [-0.4, -0.2) is 62.2 Å². The third-order valence-electron chi connectivity index (χ3n) is 7.41. The van der Waals surface area contributed by atoms with Gasteiger partial charge in [-0.25, -0.2) is 0 Å². The molecule has 0 radical (unpaired) electrons. The number of carbonyl (C=O) groups excluding carboxylic acids is 1. The Bertz CT molecular complexity index is 780. The molecule has 1 aromatic rings. The first-order valence-corrected chi connectivity index (χ1v) is 12.4. The molecule has 7 heteroatoms. The van der Waals surface area contributed by atoms with E-state index in [-0.39, 0.29) is 17.4 Å². The van der Waals surface area contributed by atoms with Crippen LogP contribution in [-0.2, 0) is 16.1 Å². The van der Waals surface area contributed by atoms with Gasteiger partial charge in [-0.2, -0.15) is 0 Å². The summed E-state index contributed by atoms with van der Waals surface area (Å²) >= 11 is 0. The summed E-state index contributed by atoms with van der Waals surface area (Å²) in [5, 5.41) is 10.1. The smallest absolute Gasteiger partial charge is 0.227 e. The van der Waals surface area contributed by atoms with Gasteiger partial charge in [0.25, 0.3) is 0 Å². The number of nitrogens with one attached hydrogen (secondary N) is 3. The fraction of sp³-hybridized carbons (Fsp3) is 0.680. The summed E-state index contributed by atoms with van der Waals surface area (Å²) in [6.45, 7) is 5.28. The van der Waals surface area contributed by atoms with Crippen molar-refractivity contribution in [2.75, 3.05) is 45.2 Å². The lowest BCUT2D eigenvalue weighted by atomic mass is 9.80. The number of anilines is 1. The summed E-state index contributed by atoms with van der Waals surface area (Å²) in [5.74, 6) is 1.17. The zero-order valence-corrected chi connectivity index (χ0v) is 19.5. The first-order chi connectivity index (χ1) is 15.7. The Morgan fingerprint density at radius 1 is 1.12 bits per heavy atom. The number of ether oxygens (including phenoxy) is 1.